The molecule has 0 aliphatic carbocycles. The third kappa shape index (κ3) is 3.91. The molecule has 166 valence electrons. The average Bonchev–Trinajstić information content (AvgIpc) is 3.03. The van der Waals surface area contributed by atoms with E-state index in [0.29, 0.717) is 31.7 Å². The largest absolute Gasteiger partial charge is 0.486 e. The van der Waals surface area contributed by atoms with Gasteiger partial charge in [-0.1, -0.05) is 18.2 Å². The number of aromatic nitrogens is 1. The van der Waals surface area contributed by atoms with E-state index in [2.05, 4.69) is 9.88 Å². The molecule has 2 fully saturated rings. The standard InChI is InChI=1S/C23H24N4O5/c28-21-22(29)27(23(30)26(21)12-16-5-3-9-24-11-16)17-6-4-10-25(13-17)14-18-15-31-19-7-1-2-8-20(19)32-18/h1-3,5,7-9,11,17-18H,4,6,10,12-15H2/t17-,18-/m0/s1. The van der Waals surface area contributed by atoms with E-state index in [4.69, 9.17) is 9.47 Å². The fourth-order valence-corrected chi connectivity index (χ4v) is 4.51. The third-order valence-corrected chi connectivity index (χ3v) is 6.02. The quantitative estimate of drug-likeness (QED) is 0.520. The molecule has 4 heterocycles. The van der Waals surface area contributed by atoms with Gasteiger partial charge in [0.15, 0.2) is 11.5 Å². The highest BCUT2D eigenvalue weighted by molar-refractivity contribution is 6.44. The maximum atomic E-state index is 13.0. The van der Waals surface area contributed by atoms with E-state index < -0.39 is 17.8 Å². The van der Waals surface area contributed by atoms with Gasteiger partial charge in [-0.3, -0.25) is 29.3 Å². The van der Waals surface area contributed by atoms with Crippen molar-refractivity contribution in [1.29, 1.82) is 0 Å². The van der Waals surface area contributed by atoms with Gasteiger partial charge in [0.1, 0.15) is 12.7 Å². The predicted molar refractivity (Wildman–Crippen MR) is 113 cm³/mol. The monoisotopic (exact) mass is 436 g/mol. The van der Waals surface area contributed by atoms with Crippen molar-refractivity contribution in [1.82, 2.24) is 19.7 Å². The SMILES string of the molecule is O=C1C(=O)N([C@H]2CCCN(C[C@H]3COc4ccccc4O3)C2)C(=O)N1Cc1cccnc1. The summed E-state index contributed by atoms with van der Waals surface area (Å²) in [6, 6.07) is 10.2. The van der Waals surface area contributed by atoms with Gasteiger partial charge >= 0.3 is 17.8 Å². The number of carbonyl (C=O) groups is 3. The third-order valence-electron chi connectivity index (χ3n) is 6.02. The van der Waals surface area contributed by atoms with Crippen LogP contribution in [0.2, 0.25) is 0 Å². The number of hydrogen-bond acceptors (Lipinski definition) is 7. The van der Waals surface area contributed by atoms with Gasteiger partial charge in [0.2, 0.25) is 0 Å². The summed E-state index contributed by atoms with van der Waals surface area (Å²) in [5.74, 6) is -0.0758. The van der Waals surface area contributed by atoms with E-state index in [1.54, 1.807) is 24.5 Å². The molecule has 2 aromatic rings. The number of piperidine rings is 1. The van der Waals surface area contributed by atoms with Gasteiger partial charge in [0.05, 0.1) is 12.6 Å². The first-order chi connectivity index (χ1) is 15.6. The van der Waals surface area contributed by atoms with Crippen molar-refractivity contribution in [2.24, 2.45) is 0 Å². The first kappa shape index (κ1) is 20.4. The number of carbonyl (C=O) groups excluding carboxylic acids is 3. The molecule has 0 radical (unpaired) electrons. The molecular weight excluding hydrogens is 412 g/mol. The van der Waals surface area contributed by atoms with E-state index >= 15 is 0 Å². The summed E-state index contributed by atoms with van der Waals surface area (Å²) in [7, 11) is 0. The number of likely N-dealkylation sites (tertiary alicyclic amines) is 1. The number of rotatable bonds is 5. The lowest BCUT2D eigenvalue weighted by molar-refractivity contribution is -0.144. The summed E-state index contributed by atoms with van der Waals surface area (Å²) >= 11 is 0. The summed E-state index contributed by atoms with van der Waals surface area (Å²) < 4.78 is 11.9. The molecule has 3 aliphatic rings. The highest BCUT2D eigenvalue weighted by atomic mass is 16.6. The molecule has 5 rings (SSSR count). The van der Waals surface area contributed by atoms with Gasteiger partial charge in [-0.2, -0.15) is 0 Å². The maximum Gasteiger partial charge on any atom is 0.334 e. The van der Waals surface area contributed by atoms with Crippen molar-refractivity contribution in [3.05, 3.63) is 54.4 Å². The normalized spacial score (nSPS) is 23.7. The van der Waals surface area contributed by atoms with Gasteiger partial charge < -0.3 is 9.47 Å². The number of para-hydroxylation sites is 2. The maximum absolute atomic E-state index is 13.0. The lowest BCUT2D eigenvalue weighted by atomic mass is 10.0. The van der Waals surface area contributed by atoms with Gasteiger partial charge in [-0.05, 0) is 43.1 Å². The summed E-state index contributed by atoms with van der Waals surface area (Å²) in [5.41, 5.74) is 0.698. The number of ether oxygens (including phenoxy) is 2. The number of hydrogen-bond donors (Lipinski definition) is 0. The van der Waals surface area contributed by atoms with E-state index in [0.717, 1.165) is 34.3 Å². The molecule has 0 bridgehead atoms. The predicted octanol–water partition coefficient (Wildman–Crippen LogP) is 1.68. The average molecular weight is 436 g/mol. The van der Waals surface area contributed by atoms with Crippen LogP contribution in [0.15, 0.2) is 48.8 Å². The fraction of sp³-hybridized carbons (Fsp3) is 0.391. The highest BCUT2D eigenvalue weighted by Gasteiger charge is 2.48. The Balaban J connectivity index is 1.23. The van der Waals surface area contributed by atoms with Crippen LogP contribution in [0.5, 0.6) is 11.5 Å². The van der Waals surface area contributed by atoms with E-state index in [1.165, 1.54) is 0 Å². The zero-order valence-electron chi connectivity index (χ0n) is 17.6. The van der Waals surface area contributed by atoms with Crippen molar-refractivity contribution in [3.8, 4) is 11.5 Å². The van der Waals surface area contributed by atoms with Gasteiger partial charge in [0.25, 0.3) is 0 Å². The lowest BCUT2D eigenvalue weighted by Crippen LogP contribution is -2.53. The van der Waals surface area contributed by atoms with Gasteiger partial charge in [0, 0.05) is 25.5 Å². The number of pyridine rings is 1. The number of imide groups is 2. The molecule has 4 amide bonds. The number of amides is 4. The minimum absolute atomic E-state index is 0.0385. The molecule has 1 aromatic heterocycles. The van der Waals surface area contributed by atoms with Gasteiger partial charge in [-0.25, -0.2) is 4.79 Å². The van der Waals surface area contributed by atoms with Crippen LogP contribution in [0, 0.1) is 0 Å². The Morgan fingerprint density at radius 3 is 2.69 bits per heavy atom. The molecule has 2 saturated heterocycles. The second-order valence-electron chi connectivity index (χ2n) is 8.26. The smallest absolute Gasteiger partial charge is 0.334 e. The summed E-state index contributed by atoms with van der Waals surface area (Å²) in [5, 5.41) is 0. The molecule has 1 aromatic carbocycles. The molecule has 0 saturated carbocycles. The molecule has 32 heavy (non-hydrogen) atoms. The van der Waals surface area contributed by atoms with E-state index in [9.17, 15) is 14.4 Å². The Labute approximate surface area is 185 Å². The minimum Gasteiger partial charge on any atom is -0.486 e. The molecule has 0 spiro atoms. The van der Waals surface area contributed by atoms with Crippen molar-refractivity contribution in [3.63, 3.8) is 0 Å². The lowest BCUT2D eigenvalue weighted by Gasteiger charge is -2.38. The van der Waals surface area contributed by atoms with Crippen LogP contribution in [0.4, 0.5) is 4.79 Å². The van der Waals surface area contributed by atoms with Crippen molar-refractivity contribution >= 4 is 17.8 Å². The van der Waals surface area contributed by atoms with Crippen molar-refractivity contribution in [2.45, 2.75) is 31.5 Å². The van der Waals surface area contributed by atoms with E-state index in [1.807, 2.05) is 24.3 Å². The van der Waals surface area contributed by atoms with Crippen LogP contribution in [0.25, 0.3) is 0 Å². The molecule has 3 aliphatic heterocycles. The van der Waals surface area contributed by atoms with Crippen molar-refractivity contribution in [2.75, 3.05) is 26.2 Å². The molecule has 9 heteroatoms. The van der Waals surface area contributed by atoms with E-state index in [-0.39, 0.29) is 18.7 Å². The second kappa shape index (κ2) is 8.58. The Morgan fingerprint density at radius 1 is 1.03 bits per heavy atom. The summed E-state index contributed by atoms with van der Waals surface area (Å²) in [6.45, 7) is 2.44. The Kier molecular flexibility index (Phi) is 5.48. The van der Waals surface area contributed by atoms with Crippen LogP contribution in [0.1, 0.15) is 18.4 Å². The van der Waals surface area contributed by atoms with Crippen LogP contribution >= 0.6 is 0 Å². The minimum atomic E-state index is -0.781. The van der Waals surface area contributed by atoms with Gasteiger partial charge in [-0.15, -0.1) is 0 Å². The highest BCUT2D eigenvalue weighted by Crippen LogP contribution is 2.31. The Bertz CT molecular complexity index is 1030. The molecular formula is C23H24N4O5. The van der Waals surface area contributed by atoms with Crippen LogP contribution in [-0.4, -0.2) is 75.9 Å². The van der Waals surface area contributed by atoms with Crippen LogP contribution in [0.3, 0.4) is 0 Å². The zero-order valence-corrected chi connectivity index (χ0v) is 17.6. The number of fused-ring (bicyclic) bond motifs is 1. The zero-order chi connectivity index (χ0) is 22.1. The molecule has 2 atom stereocenters. The van der Waals surface area contributed by atoms with Crippen molar-refractivity contribution < 1.29 is 23.9 Å². The van der Waals surface area contributed by atoms with Crippen LogP contribution < -0.4 is 9.47 Å². The number of nitrogens with zero attached hydrogens (tertiary/aromatic N) is 4. The first-order valence-electron chi connectivity index (χ1n) is 10.8. The Hall–Kier alpha value is -3.46. The first-order valence-corrected chi connectivity index (χ1v) is 10.8. The molecule has 9 nitrogen and oxygen atoms in total. The number of benzene rings is 1. The molecule has 0 N–H and O–H groups in total. The summed E-state index contributed by atoms with van der Waals surface area (Å²) in [4.78, 5) is 46.5. The summed E-state index contributed by atoms with van der Waals surface area (Å²) in [6.07, 6.45) is 4.55. The second-order valence-corrected chi connectivity index (χ2v) is 8.26. The Morgan fingerprint density at radius 2 is 1.88 bits per heavy atom. The topological polar surface area (TPSA) is 92.3 Å². The number of urea groups is 1. The van der Waals surface area contributed by atoms with Crippen LogP contribution in [-0.2, 0) is 16.1 Å². The fourth-order valence-electron chi connectivity index (χ4n) is 4.51. The molecule has 0 unspecified atom stereocenters.